The number of hydrogen-bond donors (Lipinski definition) is 1. The second kappa shape index (κ2) is 5.57. The maximum absolute atomic E-state index is 11.9. The molecular weight excluding hydrogens is 258 g/mol. The van der Waals surface area contributed by atoms with Gasteiger partial charge in [-0.3, -0.25) is 0 Å². The molecule has 0 spiro atoms. The van der Waals surface area contributed by atoms with Crippen molar-refractivity contribution in [2.24, 2.45) is 0 Å². The van der Waals surface area contributed by atoms with Crippen molar-refractivity contribution in [1.29, 1.82) is 0 Å². The van der Waals surface area contributed by atoms with Gasteiger partial charge in [-0.15, -0.1) is 6.42 Å². The van der Waals surface area contributed by atoms with Crippen LogP contribution in [0.5, 0.6) is 11.5 Å². The van der Waals surface area contributed by atoms with Crippen molar-refractivity contribution in [3.05, 3.63) is 23.4 Å². The number of carbonyl (C=O) groups is 1. The molecule has 5 heteroatoms. The number of aromatic amines is 1. The summed E-state index contributed by atoms with van der Waals surface area (Å²) in [5, 5.41) is 0.764. The van der Waals surface area contributed by atoms with E-state index < -0.39 is 5.97 Å². The molecule has 2 aromatic rings. The highest BCUT2D eigenvalue weighted by Crippen LogP contribution is 2.37. The van der Waals surface area contributed by atoms with E-state index in [1.807, 2.05) is 19.1 Å². The molecule has 20 heavy (non-hydrogen) atoms. The van der Waals surface area contributed by atoms with Gasteiger partial charge in [0.1, 0.15) is 12.4 Å². The van der Waals surface area contributed by atoms with Gasteiger partial charge < -0.3 is 19.2 Å². The average molecular weight is 273 g/mol. The molecule has 0 aliphatic heterocycles. The maximum atomic E-state index is 11.9. The fourth-order valence-electron chi connectivity index (χ4n) is 2.09. The summed E-state index contributed by atoms with van der Waals surface area (Å²) in [6.45, 7) is 1.98. The Hall–Kier alpha value is -2.61. The minimum absolute atomic E-state index is 0.0631. The fraction of sp³-hybridized carbons (Fsp3) is 0.267. The van der Waals surface area contributed by atoms with Crippen molar-refractivity contribution in [2.45, 2.75) is 6.92 Å². The van der Waals surface area contributed by atoms with Crippen molar-refractivity contribution in [1.82, 2.24) is 4.98 Å². The molecule has 0 bridgehead atoms. The van der Waals surface area contributed by atoms with Gasteiger partial charge in [0.2, 0.25) is 0 Å². The van der Waals surface area contributed by atoms with Crippen molar-refractivity contribution in [2.75, 3.05) is 20.8 Å². The van der Waals surface area contributed by atoms with Gasteiger partial charge in [-0.2, -0.15) is 0 Å². The number of esters is 1. The Morgan fingerprint density at radius 2 is 2.15 bits per heavy atom. The van der Waals surface area contributed by atoms with Crippen LogP contribution in [0.3, 0.4) is 0 Å². The van der Waals surface area contributed by atoms with E-state index >= 15 is 0 Å². The SMILES string of the molecule is C#CCOc1c(C(=O)OC)[nH]c2c(OC)ccc(C)c12. The molecule has 1 N–H and O–H groups in total. The number of H-pyrrole nitrogens is 1. The molecule has 0 unspecified atom stereocenters. The van der Waals surface area contributed by atoms with Crippen LogP contribution in [0.4, 0.5) is 0 Å². The number of methoxy groups -OCH3 is 2. The number of rotatable bonds is 4. The van der Waals surface area contributed by atoms with Crippen molar-refractivity contribution < 1.29 is 19.0 Å². The first kappa shape index (κ1) is 13.8. The molecule has 1 aromatic heterocycles. The molecule has 0 fully saturated rings. The zero-order valence-electron chi connectivity index (χ0n) is 11.6. The third-order valence-electron chi connectivity index (χ3n) is 2.99. The van der Waals surface area contributed by atoms with Gasteiger partial charge in [-0.05, 0) is 18.6 Å². The van der Waals surface area contributed by atoms with Crippen LogP contribution >= 0.6 is 0 Å². The van der Waals surface area contributed by atoms with Gasteiger partial charge in [0, 0.05) is 5.39 Å². The Kier molecular flexibility index (Phi) is 3.85. The standard InChI is InChI=1S/C15H15NO4/c1-5-8-20-14-11-9(2)6-7-10(18-3)12(11)16-13(14)15(17)19-4/h1,6-7,16H,8H2,2-4H3. The number of hydrogen-bond acceptors (Lipinski definition) is 4. The van der Waals surface area contributed by atoms with Crippen LogP contribution in [0.1, 0.15) is 16.1 Å². The van der Waals surface area contributed by atoms with Crippen LogP contribution in [-0.2, 0) is 4.74 Å². The van der Waals surface area contributed by atoms with Gasteiger partial charge in [0.05, 0.1) is 19.7 Å². The Labute approximate surface area is 116 Å². The highest BCUT2D eigenvalue weighted by atomic mass is 16.5. The lowest BCUT2D eigenvalue weighted by Crippen LogP contribution is -2.05. The van der Waals surface area contributed by atoms with Crippen molar-refractivity contribution in [3.8, 4) is 23.8 Å². The largest absolute Gasteiger partial charge is 0.495 e. The summed E-state index contributed by atoms with van der Waals surface area (Å²) >= 11 is 0. The average Bonchev–Trinajstić information content (AvgIpc) is 2.85. The van der Waals surface area contributed by atoms with Crippen molar-refractivity contribution in [3.63, 3.8) is 0 Å². The first-order chi connectivity index (χ1) is 9.63. The van der Waals surface area contributed by atoms with Crippen LogP contribution in [0, 0.1) is 19.3 Å². The predicted octanol–water partition coefficient (Wildman–Crippen LogP) is 2.28. The molecule has 2 rings (SSSR count). The Balaban J connectivity index is 2.75. The molecule has 5 nitrogen and oxygen atoms in total. The molecule has 0 amide bonds. The summed E-state index contributed by atoms with van der Waals surface area (Å²) in [5.41, 5.74) is 1.85. The molecule has 0 saturated heterocycles. The van der Waals surface area contributed by atoms with Crippen molar-refractivity contribution >= 4 is 16.9 Å². The Morgan fingerprint density at radius 3 is 2.75 bits per heavy atom. The molecule has 0 aliphatic carbocycles. The van der Waals surface area contributed by atoms with Crippen LogP contribution in [0.15, 0.2) is 12.1 Å². The number of aromatic nitrogens is 1. The molecule has 0 radical (unpaired) electrons. The third-order valence-corrected chi connectivity index (χ3v) is 2.99. The van der Waals surface area contributed by atoms with Gasteiger partial charge in [-0.1, -0.05) is 12.0 Å². The molecule has 104 valence electrons. The lowest BCUT2D eigenvalue weighted by atomic mass is 10.1. The van der Waals surface area contributed by atoms with Crippen LogP contribution in [0.25, 0.3) is 10.9 Å². The highest BCUT2D eigenvalue weighted by molar-refractivity contribution is 6.04. The lowest BCUT2D eigenvalue weighted by Gasteiger charge is -2.06. The monoisotopic (exact) mass is 273 g/mol. The molecule has 1 aromatic carbocycles. The Morgan fingerprint density at radius 1 is 1.40 bits per heavy atom. The van der Waals surface area contributed by atoms with E-state index in [0.717, 1.165) is 10.9 Å². The summed E-state index contributed by atoms with van der Waals surface area (Å²) in [5.74, 6) is 2.87. The molecular formula is C15H15NO4. The predicted molar refractivity (Wildman–Crippen MR) is 75.3 cm³/mol. The number of benzene rings is 1. The second-order valence-corrected chi connectivity index (χ2v) is 4.15. The first-order valence-electron chi connectivity index (χ1n) is 5.97. The number of ether oxygens (including phenoxy) is 3. The molecule has 0 aliphatic rings. The number of nitrogens with one attached hydrogen (secondary N) is 1. The minimum atomic E-state index is -0.519. The summed E-state index contributed by atoms with van der Waals surface area (Å²) in [6, 6.07) is 3.71. The summed E-state index contributed by atoms with van der Waals surface area (Å²) < 4.78 is 15.6. The smallest absolute Gasteiger partial charge is 0.358 e. The van der Waals surface area contributed by atoms with Gasteiger partial charge in [0.15, 0.2) is 11.4 Å². The fourth-order valence-corrected chi connectivity index (χ4v) is 2.09. The van der Waals surface area contributed by atoms with E-state index in [4.69, 9.17) is 20.6 Å². The van der Waals surface area contributed by atoms with E-state index in [9.17, 15) is 4.79 Å². The highest BCUT2D eigenvalue weighted by Gasteiger charge is 2.23. The maximum Gasteiger partial charge on any atom is 0.358 e. The van der Waals surface area contributed by atoms with E-state index in [0.29, 0.717) is 17.0 Å². The zero-order valence-corrected chi connectivity index (χ0v) is 11.6. The topological polar surface area (TPSA) is 60.5 Å². The van der Waals surface area contributed by atoms with Crippen LogP contribution in [-0.4, -0.2) is 31.8 Å². The van der Waals surface area contributed by atoms with Gasteiger partial charge in [0.25, 0.3) is 0 Å². The zero-order chi connectivity index (χ0) is 14.7. The first-order valence-corrected chi connectivity index (χ1v) is 5.97. The Bertz CT molecular complexity index is 694. The number of carbonyl (C=O) groups excluding carboxylic acids is 1. The number of terminal acetylenes is 1. The lowest BCUT2D eigenvalue weighted by molar-refractivity contribution is 0.0591. The molecule has 1 heterocycles. The van der Waals surface area contributed by atoms with E-state index in [-0.39, 0.29) is 12.3 Å². The summed E-state index contributed by atoms with van der Waals surface area (Å²) in [4.78, 5) is 14.8. The quantitative estimate of drug-likeness (QED) is 0.686. The van der Waals surface area contributed by atoms with E-state index in [1.165, 1.54) is 7.11 Å². The van der Waals surface area contributed by atoms with E-state index in [2.05, 4.69) is 10.9 Å². The normalized spacial score (nSPS) is 10.1. The van der Waals surface area contributed by atoms with Crippen LogP contribution < -0.4 is 9.47 Å². The second-order valence-electron chi connectivity index (χ2n) is 4.15. The van der Waals surface area contributed by atoms with Gasteiger partial charge >= 0.3 is 5.97 Å². The number of fused-ring (bicyclic) bond motifs is 1. The molecule has 0 saturated carbocycles. The van der Waals surface area contributed by atoms with Gasteiger partial charge in [-0.25, -0.2) is 4.79 Å². The number of aryl methyl sites for hydroxylation is 1. The van der Waals surface area contributed by atoms with Crippen LogP contribution in [0.2, 0.25) is 0 Å². The summed E-state index contributed by atoms with van der Waals surface area (Å²) in [6.07, 6.45) is 5.22. The third kappa shape index (κ3) is 2.16. The summed E-state index contributed by atoms with van der Waals surface area (Å²) in [7, 11) is 2.87. The minimum Gasteiger partial charge on any atom is -0.495 e. The van der Waals surface area contributed by atoms with E-state index in [1.54, 1.807) is 7.11 Å². The molecule has 0 atom stereocenters.